The minimum atomic E-state index is -4.91. The number of esters is 1. The van der Waals surface area contributed by atoms with E-state index < -0.39 is 39.6 Å². The first kappa shape index (κ1) is 15.6. The van der Waals surface area contributed by atoms with Crippen LogP contribution in [0, 0.1) is 0 Å². The van der Waals surface area contributed by atoms with Crippen molar-refractivity contribution >= 4 is 22.1 Å². The van der Waals surface area contributed by atoms with Crippen LogP contribution in [0.3, 0.4) is 0 Å². The molecule has 0 radical (unpaired) electrons. The van der Waals surface area contributed by atoms with Gasteiger partial charge in [0.1, 0.15) is 0 Å². The summed E-state index contributed by atoms with van der Waals surface area (Å²) in [6.45, 7) is 1.56. The summed E-state index contributed by atoms with van der Waals surface area (Å²) in [5.74, 6) is -2.84. The van der Waals surface area contributed by atoms with Crippen LogP contribution >= 0.6 is 0 Å². The van der Waals surface area contributed by atoms with E-state index in [2.05, 4.69) is 4.74 Å². The highest BCUT2D eigenvalue weighted by atomic mass is 32.2. The van der Waals surface area contributed by atoms with Gasteiger partial charge in [-0.25, -0.2) is 0 Å². The molecule has 0 amide bonds. The maximum atomic E-state index is 11.5. The first-order valence-electron chi connectivity index (χ1n) is 4.59. The van der Waals surface area contributed by atoms with Crippen molar-refractivity contribution in [1.29, 1.82) is 0 Å². The second-order valence-electron chi connectivity index (χ2n) is 3.30. The number of aliphatic carboxylic acids is 1. The van der Waals surface area contributed by atoms with Gasteiger partial charge in [-0.15, -0.1) is 0 Å². The van der Waals surface area contributed by atoms with Crippen LogP contribution in [0.2, 0.25) is 0 Å². The van der Waals surface area contributed by atoms with E-state index >= 15 is 0 Å². The molecule has 0 rings (SSSR count). The third kappa shape index (κ3) is 3.53. The molecule has 1 atom stereocenters. The second-order valence-corrected chi connectivity index (χ2v) is 5.04. The fraction of sp³-hybridized carbons (Fsp3) is 0.556. The van der Waals surface area contributed by atoms with E-state index in [1.165, 1.54) is 12.2 Å². The molecule has 7 nitrogen and oxygen atoms in total. The van der Waals surface area contributed by atoms with Crippen LogP contribution in [0.4, 0.5) is 0 Å². The van der Waals surface area contributed by atoms with E-state index in [9.17, 15) is 18.0 Å². The van der Waals surface area contributed by atoms with Crippen molar-refractivity contribution in [2.45, 2.75) is 24.5 Å². The lowest BCUT2D eigenvalue weighted by Gasteiger charge is -2.24. The highest BCUT2D eigenvalue weighted by Crippen LogP contribution is 2.28. The predicted octanol–water partition coefficient (Wildman–Crippen LogP) is 0.227. The summed E-state index contributed by atoms with van der Waals surface area (Å²) in [5.41, 5.74) is 0. The van der Waals surface area contributed by atoms with Gasteiger partial charge in [0.25, 0.3) is 10.1 Å². The van der Waals surface area contributed by atoms with Crippen molar-refractivity contribution in [2.24, 2.45) is 0 Å². The Labute approximate surface area is 98.8 Å². The molecule has 0 aromatic carbocycles. The van der Waals surface area contributed by atoms with E-state index in [4.69, 9.17) is 9.66 Å². The number of ether oxygens (including phenoxy) is 1. The molecule has 0 aromatic rings. The summed E-state index contributed by atoms with van der Waals surface area (Å²) in [7, 11) is -4.00. The molecule has 0 aliphatic rings. The van der Waals surface area contributed by atoms with Crippen molar-refractivity contribution < 1.29 is 32.4 Å². The molecule has 8 heteroatoms. The SMILES string of the molecule is CC=CCC(CC(=O)O)(C(=O)OC)S(=O)(=O)O. The predicted molar refractivity (Wildman–Crippen MR) is 58.0 cm³/mol. The van der Waals surface area contributed by atoms with Crippen LogP contribution in [0.15, 0.2) is 12.2 Å². The fourth-order valence-electron chi connectivity index (χ4n) is 1.27. The van der Waals surface area contributed by atoms with E-state index in [0.29, 0.717) is 0 Å². The summed E-state index contributed by atoms with van der Waals surface area (Å²) in [6.07, 6.45) is 1.17. The highest BCUT2D eigenvalue weighted by Gasteiger charge is 2.52. The summed E-state index contributed by atoms with van der Waals surface area (Å²) in [6, 6.07) is 0. The summed E-state index contributed by atoms with van der Waals surface area (Å²) >= 11 is 0. The number of rotatable bonds is 6. The molecule has 0 heterocycles. The van der Waals surface area contributed by atoms with Gasteiger partial charge in [0.05, 0.1) is 13.5 Å². The van der Waals surface area contributed by atoms with Crippen molar-refractivity contribution in [1.82, 2.24) is 0 Å². The molecule has 0 saturated heterocycles. The standard InChI is InChI=1S/C9H14O7S/c1-3-4-5-9(6-7(10)11,8(12)16-2)17(13,14)15/h3-4H,5-6H2,1-2H3,(H,10,11)(H,13,14,15). The summed E-state index contributed by atoms with van der Waals surface area (Å²) < 4.78 is 33.3. The van der Waals surface area contributed by atoms with Crippen LogP contribution in [0.5, 0.6) is 0 Å². The van der Waals surface area contributed by atoms with E-state index in [1.54, 1.807) is 6.92 Å². The number of carboxylic acid groups (broad SMARTS) is 1. The number of hydrogen-bond donors (Lipinski definition) is 2. The molecule has 17 heavy (non-hydrogen) atoms. The van der Waals surface area contributed by atoms with Crippen LogP contribution in [0.1, 0.15) is 19.8 Å². The minimum Gasteiger partial charge on any atom is -0.481 e. The third-order valence-electron chi connectivity index (χ3n) is 2.17. The van der Waals surface area contributed by atoms with Gasteiger partial charge in [-0.2, -0.15) is 8.42 Å². The van der Waals surface area contributed by atoms with Crippen molar-refractivity contribution in [3.8, 4) is 0 Å². The molecule has 2 N–H and O–H groups in total. The maximum Gasteiger partial charge on any atom is 0.330 e. The van der Waals surface area contributed by atoms with E-state index in [0.717, 1.165) is 7.11 Å². The van der Waals surface area contributed by atoms with Gasteiger partial charge in [-0.05, 0) is 13.3 Å². The average Bonchev–Trinajstić information content (AvgIpc) is 2.20. The molecule has 0 fully saturated rings. The van der Waals surface area contributed by atoms with Crippen LogP contribution in [0.25, 0.3) is 0 Å². The Kier molecular flexibility index (Phi) is 5.30. The molecule has 98 valence electrons. The molecule has 0 bridgehead atoms. The Balaban J connectivity index is 5.69. The number of carbonyl (C=O) groups excluding carboxylic acids is 1. The minimum absolute atomic E-state index is 0.471. The summed E-state index contributed by atoms with van der Waals surface area (Å²) in [5, 5.41) is 8.65. The van der Waals surface area contributed by atoms with Gasteiger partial charge in [-0.1, -0.05) is 12.2 Å². The highest BCUT2D eigenvalue weighted by molar-refractivity contribution is 7.88. The molecule has 1 unspecified atom stereocenters. The van der Waals surface area contributed by atoms with Gasteiger partial charge in [0.15, 0.2) is 0 Å². The summed E-state index contributed by atoms with van der Waals surface area (Å²) in [4.78, 5) is 22.1. The van der Waals surface area contributed by atoms with Crippen molar-refractivity contribution in [3.05, 3.63) is 12.2 Å². The molecule has 0 saturated carbocycles. The van der Waals surface area contributed by atoms with Crippen molar-refractivity contribution in [3.63, 3.8) is 0 Å². The topological polar surface area (TPSA) is 118 Å². The molecular weight excluding hydrogens is 252 g/mol. The Morgan fingerprint density at radius 1 is 1.41 bits per heavy atom. The Morgan fingerprint density at radius 3 is 2.24 bits per heavy atom. The smallest absolute Gasteiger partial charge is 0.330 e. The Bertz CT molecular complexity index is 423. The zero-order chi connectivity index (χ0) is 13.7. The largest absolute Gasteiger partial charge is 0.481 e. The Morgan fingerprint density at radius 2 is 1.94 bits per heavy atom. The molecular formula is C9H14O7S. The maximum absolute atomic E-state index is 11.5. The number of hydrogen-bond acceptors (Lipinski definition) is 5. The lowest BCUT2D eigenvalue weighted by Crippen LogP contribution is -2.48. The first-order valence-corrected chi connectivity index (χ1v) is 6.03. The van der Waals surface area contributed by atoms with Gasteiger partial charge in [0, 0.05) is 0 Å². The number of allylic oxidation sites excluding steroid dienone is 2. The number of carbonyl (C=O) groups is 2. The quantitative estimate of drug-likeness (QED) is 0.401. The van der Waals surface area contributed by atoms with Gasteiger partial charge >= 0.3 is 11.9 Å². The van der Waals surface area contributed by atoms with Gasteiger partial charge < -0.3 is 9.84 Å². The van der Waals surface area contributed by atoms with Crippen LogP contribution < -0.4 is 0 Å². The average molecular weight is 266 g/mol. The number of methoxy groups -OCH3 is 1. The monoisotopic (exact) mass is 266 g/mol. The fourth-order valence-corrected chi connectivity index (χ4v) is 2.17. The second kappa shape index (κ2) is 5.78. The molecule has 0 spiro atoms. The molecule has 0 aliphatic heterocycles. The zero-order valence-electron chi connectivity index (χ0n) is 9.41. The van der Waals surface area contributed by atoms with E-state index in [1.807, 2.05) is 0 Å². The zero-order valence-corrected chi connectivity index (χ0v) is 10.2. The molecule has 0 aromatic heterocycles. The van der Waals surface area contributed by atoms with Gasteiger partial charge in [-0.3, -0.25) is 14.1 Å². The molecule has 0 aliphatic carbocycles. The van der Waals surface area contributed by atoms with E-state index in [-0.39, 0.29) is 0 Å². The third-order valence-corrected chi connectivity index (χ3v) is 3.64. The number of carboxylic acids is 1. The van der Waals surface area contributed by atoms with Gasteiger partial charge in [0.2, 0.25) is 4.75 Å². The van der Waals surface area contributed by atoms with Crippen molar-refractivity contribution in [2.75, 3.05) is 7.11 Å². The van der Waals surface area contributed by atoms with Crippen LogP contribution in [-0.4, -0.2) is 41.9 Å². The lowest BCUT2D eigenvalue weighted by atomic mass is 10.00. The first-order chi connectivity index (χ1) is 7.71. The normalized spacial score (nSPS) is 15.5. The van der Waals surface area contributed by atoms with Crippen LogP contribution in [-0.2, 0) is 24.4 Å². The lowest BCUT2D eigenvalue weighted by molar-refractivity contribution is -0.149. The Hall–Kier alpha value is -1.41.